The van der Waals surface area contributed by atoms with E-state index in [-0.39, 0.29) is 16.7 Å². The van der Waals surface area contributed by atoms with Crippen LogP contribution in [0.2, 0.25) is 5.02 Å². The van der Waals surface area contributed by atoms with Crippen LogP contribution in [0.3, 0.4) is 0 Å². The Morgan fingerprint density at radius 3 is 2.39 bits per heavy atom. The van der Waals surface area contributed by atoms with Gasteiger partial charge in [-0.15, -0.1) is 0 Å². The maximum absolute atomic E-state index is 12.8. The molecule has 7 heteroatoms. The number of rotatable bonds is 4. The number of fused-ring (bicyclic) bond motifs is 1. The summed E-state index contributed by atoms with van der Waals surface area (Å²) in [4.78, 5) is 12.9. The minimum Gasteiger partial charge on any atom is -0.326 e. The predicted octanol–water partition coefficient (Wildman–Crippen LogP) is 3.87. The molecule has 0 unspecified atom stereocenters. The second-order valence-electron chi connectivity index (χ2n) is 7.46. The van der Waals surface area contributed by atoms with Crippen LogP contribution in [0, 0.1) is 5.92 Å². The molecule has 1 saturated heterocycles. The number of anilines is 1. The SMILES string of the molecule is O=C(Nc1ccc2c(c1)CCC2)C1CCN(S(=O)(=O)c2ccc(Cl)cc2)CC1. The summed E-state index contributed by atoms with van der Waals surface area (Å²) in [6, 6.07) is 12.3. The zero-order valence-electron chi connectivity index (χ0n) is 15.5. The van der Waals surface area contributed by atoms with Crippen molar-refractivity contribution in [3.8, 4) is 0 Å². The van der Waals surface area contributed by atoms with E-state index in [0.717, 1.165) is 18.5 Å². The van der Waals surface area contributed by atoms with Crippen LogP contribution < -0.4 is 5.32 Å². The van der Waals surface area contributed by atoms with Crippen molar-refractivity contribution in [1.29, 1.82) is 0 Å². The molecule has 0 radical (unpaired) electrons. The zero-order valence-corrected chi connectivity index (χ0v) is 17.1. The van der Waals surface area contributed by atoms with Gasteiger partial charge in [-0.05, 0) is 79.6 Å². The summed E-state index contributed by atoms with van der Waals surface area (Å²) >= 11 is 5.85. The second kappa shape index (κ2) is 7.85. The fourth-order valence-electron chi connectivity index (χ4n) is 4.01. The van der Waals surface area contributed by atoms with Crippen LogP contribution in [-0.4, -0.2) is 31.7 Å². The molecule has 2 aliphatic rings. The lowest BCUT2D eigenvalue weighted by Gasteiger charge is -2.30. The van der Waals surface area contributed by atoms with Gasteiger partial charge in [0.15, 0.2) is 0 Å². The topological polar surface area (TPSA) is 66.5 Å². The fourth-order valence-corrected chi connectivity index (χ4v) is 5.60. The number of benzene rings is 2. The number of nitrogens with one attached hydrogen (secondary N) is 1. The highest BCUT2D eigenvalue weighted by atomic mass is 35.5. The molecule has 0 aromatic heterocycles. The lowest BCUT2D eigenvalue weighted by atomic mass is 9.97. The van der Waals surface area contributed by atoms with Crippen LogP contribution in [0.15, 0.2) is 47.4 Å². The standard InChI is InChI=1S/C21H23ClN2O3S/c22-18-5-8-20(9-6-18)28(26,27)24-12-10-16(11-13-24)21(25)23-19-7-4-15-2-1-3-17(15)14-19/h4-9,14,16H,1-3,10-13H2,(H,23,25). The first-order valence-corrected chi connectivity index (χ1v) is 11.4. The van der Waals surface area contributed by atoms with Crippen LogP contribution in [0.1, 0.15) is 30.4 Å². The number of piperidine rings is 1. The highest BCUT2D eigenvalue weighted by Gasteiger charge is 2.32. The second-order valence-corrected chi connectivity index (χ2v) is 9.83. The molecule has 1 aliphatic heterocycles. The van der Waals surface area contributed by atoms with E-state index in [1.165, 1.54) is 34.0 Å². The van der Waals surface area contributed by atoms with Crippen LogP contribution in [-0.2, 0) is 27.7 Å². The van der Waals surface area contributed by atoms with Crippen molar-refractivity contribution in [2.75, 3.05) is 18.4 Å². The molecule has 2 aromatic carbocycles. The molecule has 1 amide bonds. The molecular formula is C21H23ClN2O3S. The monoisotopic (exact) mass is 418 g/mol. The number of carbonyl (C=O) groups is 1. The molecule has 148 valence electrons. The summed E-state index contributed by atoms with van der Waals surface area (Å²) in [5.74, 6) is -0.202. The Hall–Kier alpha value is -1.89. The van der Waals surface area contributed by atoms with E-state index in [1.807, 2.05) is 6.07 Å². The van der Waals surface area contributed by atoms with Gasteiger partial charge in [-0.3, -0.25) is 4.79 Å². The van der Waals surface area contributed by atoms with Crippen LogP contribution in [0.4, 0.5) is 5.69 Å². The molecule has 0 bridgehead atoms. The third-order valence-corrected chi connectivity index (χ3v) is 7.81. The first-order valence-electron chi connectivity index (χ1n) is 9.62. The number of amides is 1. The van der Waals surface area contributed by atoms with Gasteiger partial charge in [0.05, 0.1) is 4.90 Å². The maximum Gasteiger partial charge on any atom is 0.243 e. The lowest BCUT2D eigenvalue weighted by Crippen LogP contribution is -2.41. The minimum absolute atomic E-state index is 0.0264. The summed E-state index contributed by atoms with van der Waals surface area (Å²) in [6.45, 7) is 0.681. The Morgan fingerprint density at radius 1 is 1.00 bits per heavy atom. The molecule has 0 atom stereocenters. The van der Waals surface area contributed by atoms with Gasteiger partial charge in [0.25, 0.3) is 0 Å². The smallest absolute Gasteiger partial charge is 0.243 e. The first kappa shape index (κ1) is 19.4. The van der Waals surface area contributed by atoms with Gasteiger partial charge in [0.1, 0.15) is 0 Å². The summed E-state index contributed by atoms with van der Waals surface area (Å²) in [5, 5.41) is 3.51. The lowest BCUT2D eigenvalue weighted by molar-refractivity contribution is -0.120. The molecule has 1 fully saturated rings. The van der Waals surface area contributed by atoms with Gasteiger partial charge >= 0.3 is 0 Å². The average molecular weight is 419 g/mol. The van der Waals surface area contributed by atoms with Crippen molar-refractivity contribution in [3.63, 3.8) is 0 Å². The molecule has 1 N–H and O–H groups in total. The maximum atomic E-state index is 12.8. The number of aryl methyl sites for hydroxylation is 2. The largest absolute Gasteiger partial charge is 0.326 e. The Labute approximate surface area is 170 Å². The van der Waals surface area contributed by atoms with E-state index < -0.39 is 10.0 Å². The highest BCUT2D eigenvalue weighted by Crippen LogP contribution is 2.28. The van der Waals surface area contributed by atoms with Gasteiger partial charge in [-0.25, -0.2) is 8.42 Å². The molecular weight excluding hydrogens is 396 g/mol. The van der Waals surface area contributed by atoms with Crippen LogP contribution >= 0.6 is 11.6 Å². The zero-order chi connectivity index (χ0) is 19.7. The third kappa shape index (κ3) is 3.95. The summed E-state index contributed by atoms with van der Waals surface area (Å²) in [5.41, 5.74) is 3.53. The van der Waals surface area contributed by atoms with E-state index >= 15 is 0 Å². The van der Waals surface area contributed by atoms with E-state index in [2.05, 4.69) is 17.4 Å². The summed E-state index contributed by atoms with van der Waals surface area (Å²) in [7, 11) is -3.55. The predicted molar refractivity (Wildman–Crippen MR) is 110 cm³/mol. The number of sulfonamides is 1. The normalized spacial score (nSPS) is 18.0. The Balaban J connectivity index is 1.37. The van der Waals surface area contributed by atoms with Gasteiger partial charge in [0, 0.05) is 29.7 Å². The first-order chi connectivity index (χ1) is 13.4. The Bertz CT molecular complexity index is 981. The molecule has 0 spiro atoms. The molecule has 1 aliphatic carbocycles. The molecule has 1 heterocycles. The summed E-state index contributed by atoms with van der Waals surface area (Å²) in [6.07, 6.45) is 4.39. The van der Waals surface area contributed by atoms with Crippen molar-refractivity contribution in [2.45, 2.75) is 37.0 Å². The molecule has 28 heavy (non-hydrogen) atoms. The average Bonchev–Trinajstić information content (AvgIpc) is 3.16. The third-order valence-electron chi connectivity index (χ3n) is 5.64. The highest BCUT2D eigenvalue weighted by molar-refractivity contribution is 7.89. The van der Waals surface area contributed by atoms with E-state index in [4.69, 9.17) is 11.6 Å². The Kier molecular flexibility index (Phi) is 5.45. The number of nitrogens with zero attached hydrogens (tertiary/aromatic N) is 1. The van der Waals surface area contributed by atoms with Gasteiger partial charge < -0.3 is 5.32 Å². The van der Waals surface area contributed by atoms with Crippen LogP contribution in [0.5, 0.6) is 0 Å². The van der Waals surface area contributed by atoms with Crippen molar-refractivity contribution in [1.82, 2.24) is 4.31 Å². The number of carbonyl (C=O) groups excluding carboxylic acids is 1. The number of hydrogen-bond donors (Lipinski definition) is 1. The van der Waals surface area contributed by atoms with Crippen LogP contribution in [0.25, 0.3) is 0 Å². The minimum atomic E-state index is -3.55. The molecule has 4 rings (SSSR count). The summed E-state index contributed by atoms with van der Waals surface area (Å²) < 4.78 is 27.0. The van der Waals surface area contributed by atoms with E-state index in [0.29, 0.717) is 31.0 Å². The van der Waals surface area contributed by atoms with Gasteiger partial charge in [-0.2, -0.15) is 4.31 Å². The number of hydrogen-bond acceptors (Lipinski definition) is 3. The van der Waals surface area contributed by atoms with Crippen molar-refractivity contribution < 1.29 is 13.2 Å². The van der Waals surface area contributed by atoms with Gasteiger partial charge in [-0.1, -0.05) is 17.7 Å². The number of halogens is 1. The fraction of sp³-hybridized carbons (Fsp3) is 0.381. The molecule has 5 nitrogen and oxygen atoms in total. The van der Waals surface area contributed by atoms with E-state index in [1.54, 1.807) is 12.1 Å². The van der Waals surface area contributed by atoms with Crippen molar-refractivity contribution >= 4 is 33.2 Å². The Morgan fingerprint density at radius 2 is 1.68 bits per heavy atom. The molecule has 0 saturated carbocycles. The quantitative estimate of drug-likeness (QED) is 0.819. The molecule has 2 aromatic rings. The van der Waals surface area contributed by atoms with Gasteiger partial charge in [0.2, 0.25) is 15.9 Å². The van der Waals surface area contributed by atoms with Crippen molar-refractivity contribution in [3.05, 3.63) is 58.6 Å². The van der Waals surface area contributed by atoms with Crippen molar-refractivity contribution in [2.24, 2.45) is 5.92 Å². The van der Waals surface area contributed by atoms with E-state index in [9.17, 15) is 13.2 Å².